The first kappa shape index (κ1) is 20.3. The number of amides is 1. The van der Waals surface area contributed by atoms with Gasteiger partial charge in [-0.3, -0.25) is 4.79 Å². The Morgan fingerprint density at radius 1 is 1.21 bits per heavy atom. The third-order valence-corrected chi connectivity index (χ3v) is 4.82. The maximum Gasteiger partial charge on any atom is 0.294 e. The quantitative estimate of drug-likeness (QED) is 0.289. The van der Waals surface area contributed by atoms with Gasteiger partial charge in [0.15, 0.2) is 17.2 Å². The van der Waals surface area contributed by atoms with E-state index in [1.807, 2.05) is 0 Å². The van der Waals surface area contributed by atoms with E-state index in [1.54, 1.807) is 18.2 Å². The normalized spacial score (nSPS) is 12.4. The Hall–Kier alpha value is -4.65. The topological polar surface area (TPSA) is 176 Å². The number of nitrogens with zero attached hydrogens (tertiary/aromatic N) is 6. The summed E-state index contributed by atoms with van der Waals surface area (Å²) >= 11 is 5.92. The summed E-state index contributed by atoms with van der Waals surface area (Å²) in [4.78, 5) is 12.9. The van der Waals surface area contributed by atoms with E-state index < -0.39 is 5.91 Å². The molecule has 1 amide bonds. The van der Waals surface area contributed by atoms with Crippen LogP contribution in [0.1, 0.15) is 16.1 Å². The SMILES string of the molecule is Nc1nonc1-n1nnc(C(=O)N/N=C/c2cc(Cl)ccc2O)c1-c1ccc2c(c1)OCO2. The van der Waals surface area contributed by atoms with Crippen molar-refractivity contribution < 1.29 is 24.0 Å². The van der Waals surface area contributed by atoms with Crippen LogP contribution in [0.5, 0.6) is 17.2 Å². The molecule has 5 rings (SSSR count). The van der Waals surface area contributed by atoms with E-state index in [-0.39, 0.29) is 35.6 Å². The number of nitrogens with two attached hydrogens (primary N) is 1. The molecule has 4 aromatic rings. The molecule has 0 unspecified atom stereocenters. The van der Waals surface area contributed by atoms with E-state index in [0.29, 0.717) is 27.6 Å². The van der Waals surface area contributed by atoms with E-state index >= 15 is 0 Å². The zero-order valence-electron chi connectivity index (χ0n) is 16.5. The molecule has 13 nitrogen and oxygen atoms in total. The van der Waals surface area contributed by atoms with Crippen LogP contribution in [0.2, 0.25) is 5.02 Å². The van der Waals surface area contributed by atoms with Crippen LogP contribution in [0, 0.1) is 0 Å². The third kappa shape index (κ3) is 3.76. The van der Waals surface area contributed by atoms with Crippen LogP contribution in [0.25, 0.3) is 17.1 Å². The highest BCUT2D eigenvalue weighted by Gasteiger charge is 2.26. The summed E-state index contributed by atoms with van der Waals surface area (Å²) in [6, 6.07) is 9.45. The Balaban J connectivity index is 1.51. The summed E-state index contributed by atoms with van der Waals surface area (Å²) in [5.74, 6) is 0.273. The van der Waals surface area contributed by atoms with Crippen molar-refractivity contribution in [1.29, 1.82) is 0 Å². The van der Waals surface area contributed by atoms with E-state index in [0.717, 1.165) is 0 Å². The number of carbonyl (C=O) groups is 1. The van der Waals surface area contributed by atoms with Gasteiger partial charge >= 0.3 is 0 Å². The highest BCUT2D eigenvalue weighted by atomic mass is 35.5. The molecular formula is C19H13ClN8O5. The van der Waals surface area contributed by atoms with Crippen molar-refractivity contribution >= 4 is 29.5 Å². The number of anilines is 1. The van der Waals surface area contributed by atoms with E-state index in [4.69, 9.17) is 26.8 Å². The molecule has 2 aromatic heterocycles. The third-order valence-electron chi connectivity index (χ3n) is 4.59. The minimum atomic E-state index is -0.693. The van der Waals surface area contributed by atoms with Crippen LogP contribution in [0.3, 0.4) is 0 Å². The zero-order chi connectivity index (χ0) is 22.9. The Labute approximate surface area is 189 Å². The van der Waals surface area contributed by atoms with Crippen LogP contribution in [0.15, 0.2) is 46.1 Å². The molecule has 166 valence electrons. The van der Waals surface area contributed by atoms with Gasteiger partial charge in [-0.1, -0.05) is 16.8 Å². The molecule has 0 fully saturated rings. The lowest BCUT2D eigenvalue weighted by Crippen LogP contribution is -2.19. The number of phenols is 1. The van der Waals surface area contributed by atoms with Crippen molar-refractivity contribution in [1.82, 2.24) is 30.7 Å². The maximum absolute atomic E-state index is 12.9. The van der Waals surface area contributed by atoms with Crippen LogP contribution >= 0.6 is 11.6 Å². The molecule has 2 aromatic carbocycles. The molecule has 0 spiro atoms. The number of phenolic OH excluding ortho intramolecular Hbond substituents is 1. The number of nitrogen functional groups attached to an aromatic ring is 1. The molecule has 1 aliphatic heterocycles. The molecule has 33 heavy (non-hydrogen) atoms. The molecule has 0 radical (unpaired) electrons. The number of aromatic nitrogens is 5. The lowest BCUT2D eigenvalue weighted by molar-refractivity contribution is 0.0950. The van der Waals surface area contributed by atoms with Crippen molar-refractivity contribution in [2.45, 2.75) is 0 Å². The molecular weight excluding hydrogens is 456 g/mol. The monoisotopic (exact) mass is 468 g/mol. The van der Waals surface area contributed by atoms with Gasteiger partial charge in [-0.05, 0) is 46.7 Å². The fraction of sp³-hybridized carbons (Fsp3) is 0.0526. The number of aromatic hydroxyl groups is 1. The number of halogens is 1. The molecule has 14 heteroatoms. The number of benzene rings is 2. The Morgan fingerprint density at radius 3 is 2.88 bits per heavy atom. The molecule has 3 heterocycles. The lowest BCUT2D eigenvalue weighted by atomic mass is 10.1. The highest BCUT2D eigenvalue weighted by molar-refractivity contribution is 6.30. The average Bonchev–Trinajstić information content (AvgIpc) is 3.54. The van der Waals surface area contributed by atoms with Crippen LogP contribution in [0.4, 0.5) is 5.82 Å². The summed E-state index contributed by atoms with van der Waals surface area (Å²) in [5, 5.41) is 29.4. The summed E-state index contributed by atoms with van der Waals surface area (Å²) in [6.45, 7) is 0.0782. The van der Waals surface area contributed by atoms with Gasteiger partial charge in [0.1, 0.15) is 11.4 Å². The maximum atomic E-state index is 12.9. The number of hydrazone groups is 1. The van der Waals surface area contributed by atoms with Crippen LogP contribution in [-0.4, -0.2) is 49.3 Å². The van der Waals surface area contributed by atoms with Crippen molar-refractivity contribution in [3.05, 3.63) is 52.7 Å². The molecule has 0 aliphatic carbocycles. The fourth-order valence-corrected chi connectivity index (χ4v) is 3.25. The minimum absolute atomic E-state index is 0.0431. The van der Waals surface area contributed by atoms with Gasteiger partial charge in [0.25, 0.3) is 5.91 Å². The number of hydrogen-bond donors (Lipinski definition) is 3. The number of rotatable bonds is 5. The van der Waals surface area contributed by atoms with Crippen molar-refractivity contribution in [2.24, 2.45) is 5.10 Å². The summed E-state index contributed by atoms with van der Waals surface area (Å²) in [6.07, 6.45) is 1.24. The molecule has 1 aliphatic rings. The number of ether oxygens (including phenoxy) is 2. The summed E-state index contributed by atoms with van der Waals surface area (Å²) in [5.41, 5.74) is 9.10. The van der Waals surface area contributed by atoms with E-state index in [9.17, 15) is 9.90 Å². The predicted molar refractivity (Wildman–Crippen MR) is 113 cm³/mol. The average molecular weight is 469 g/mol. The van der Waals surface area contributed by atoms with E-state index in [1.165, 1.54) is 29.1 Å². The second-order valence-corrected chi connectivity index (χ2v) is 7.08. The minimum Gasteiger partial charge on any atom is -0.507 e. The first-order valence-corrected chi connectivity index (χ1v) is 9.65. The molecule has 0 saturated carbocycles. The van der Waals surface area contributed by atoms with Crippen molar-refractivity contribution in [2.75, 3.05) is 12.5 Å². The Kier molecular flexibility index (Phi) is 4.99. The standard InChI is InChI=1S/C19H13ClN8O5/c20-11-2-3-12(29)10(5-11)7-22-24-19(30)15-16(9-1-4-13-14(6-9)32-8-31-13)28(27-23-15)18-17(21)25-33-26-18/h1-7,29H,8H2,(H2,21,25)(H,24,30)/b22-7+. The summed E-state index contributed by atoms with van der Waals surface area (Å²) in [7, 11) is 0. The molecule has 4 N–H and O–H groups in total. The summed E-state index contributed by atoms with van der Waals surface area (Å²) < 4.78 is 16.6. The number of nitrogens with one attached hydrogen (secondary N) is 1. The number of hydrogen-bond acceptors (Lipinski definition) is 11. The van der Waals surface area contributed by atoms with Gasteiger partial charge in [0.05, 0.1) is 6.21 Å². The van der Waals surface area contributed by atoms with Gasteiger partial charge in [-0.2, -0.15) is 9.78 Å². The lowest BCUT2D eigenvalue weighted by Gasteiger charge is -2.07. The Bertz CT molecular complexity index is 1400. The second-order valence-electron chi connectivity index (χ2n) is 6.64. The number of carbonyl (C=O) groups excluding carboxylic acids is 1. The largest absolute Gasteiger partial charge is 0.507 e. The van der Waals surface area contributed by atoms with E-state index in [2.05, 4.69) is 35.8 Å². The second kappa shape index (κ2) is 8.12. The van der Waals surface area contributed by atoms with Gasteiger partial charge in [-0.15, -0.1) is 5.10 Å². The fourth-order valence-electron chi connectivity index (χ4n) is 3.07. The van der Waals surface area contributed by atoms with Crippen molar-refractivity contribution in [3.8, 4) is 34.3 Å². The zero-order valence-corrected chi connectivity index (χ0v) is 17.2. The number of fused-ring (bicyclic) bond motifs is 1. The first-order valence-electron chi connectivity index (χ1n) is 9.27. The van der Waals surface area contributed by atoms with Gasteiger partial charge in [0.2, 0.25) is 18.4 Å². The molecule has 0 saturated heterocycles. The van der Waals surface area contributed by atoms with Crippen molar-refractivity contribution in [3.63, 3.8) is 0 Å². The molecule has 0 bridgehead atoms. The highest BCUT2D eigenvalue weighted by Crippen LogP contribution is 2.37. The van der Waals surface area contributed by atoms with Crippen LogP contribution in [-0.2, 0) is 0 Å². The van der Waals surface area contributed by atoms with Gasteiger partial charge in [-0.25, -0.2) is 10.1 Å². The predicted octanol–water partition coefficient (Wildman–Crippen LogP) is 1.75. The van der Waals surface area contributed by atoms with Gasteiger partial charge < -0.3 is 20.3 Å². The Morgan fingerprint density at radius 2 is 2.06 bits per heavy atom. The smallest absolute Gasteiger partial charge is 0.294 e. The van der Waals surface area contributed by atoms with Gasteiger partial charge in [0, 0.05) is 16.1 Å². The molecule has 0 atom stereocenters. The van der Waals surface area contributed by atoms with Crippen LogP contribution < -0.4 is 20.6 Å². The first-order chi connectivity index (χ1) is 16.0.